The maximum absolute atomic E-state index is 12.1. The molecule has 200 valence electrons. The van der Waals surface area contributed by atoms with Crippen molar-refractivity contribution in [2.75, 3.05) is 26.4 Å². The van der Waals surface area contributed by atoms with Crippen LogP contribution in [0.3, 0.4) is 0 Å². The number of pyridine rings is 2. The average molecular weight is 505 g/mol. The summed E-state index contributed by atoms with van der Waals surface area (Å²) in [6, 6.07) is 4.72. The second kappa shape index (κ2) is 13.8. The highest BCUT2D eigenvalue weighted by atomic mass is 16.7. The summed E-state index contributed by atoms with van der Waals surface area (Å²) in [6.45, 7) is 8.03. The molecule has 0 amide bonds. The number of unbranched alkanes of at least 4 members (excludes halogenated alkanes) is 3. The fourth-order valence-electron chi connectivity index (χ4n) is 4.20. The number of aliphatic imine (C=N–C) groups is 1. The molecular formula is C26H40N4O6. The minimum atomic E-state index is -1.93. The molecule has 3 rings (SSSR count). The molecule has 1 saturated heterocycles. The van der Waals surface area contributed by atoms with Crippen LogP contribution in [0.1, 0.15) is 64.9 Å². The van der Waals surface area contributed by atoms with Gasteiger partial charge in [0.2, 0.25) is 11.3 Å². The van der Waals surface area contributed by atoms with Crippen molar-refractivity contribution in [2.24, 2.45) is 10.7 Å². The van der Waals surface area contributed by atoms with Crippen molar-refractivity contribution in [3.8, 4) is 0 Å². The number of hydrogen-bond acceptors (Lipinski definition) is 8. The lowest BCUT2D eigenvalue weighted by Gasteiger charge is -2.31. The summed E-state index contributed by atoms with van der Waals surface area (Å²) in [7, 11) is 0. The standard InChI is InChI=1S/C26H40N4O6/c1-4-7-12-33-16-20-22(34-13-8-5-2)23(35-14-9-6-3)26(32,36-20)19-15-18-10-11-21(31)29-24(18)30-25(19)28-17-27/h10-11,15,17,20,22-23,32H,4-9,12-14,16H2,1-3H3,(H3,27,28,29,30,31)/t20-,22?,23+,26?/m1/s1. The normalized spacial score (nSPS) is 24.3. The lowest BCUT2D eigenvalue weighted by Crippen LogP contribution is -2.44. The third-order valence-electron chi connectivity index (χ3n) is 6.18. The van der Waals surface area contributed by atoms with E-state index >= 15 is 0 Å². The smallest absolute Gasteiger partial charge is 0.249 e. The summed E-state index contributed by atoms with van der Waals surface area (Å²) in [4.78, 5) is 23.1. The van der Waals surface area contributed by atoms with Crippen LogP contribution in [-0.2, 0) is 24.7 Å². The van der Waals surface area contributed by atoms with Crippen molar-refractivity contribution in [2.45, 2.75) is 83.4 Å². The number of nitrogens with zero attached hydrogens (tertiary/aromatic N) is 2. The van der Waals surface area contributed by atoms with E-state index in [1.807, 2.05) is 0 Å². The third kappa shape index (κ3) is 6.68. The number of ether oxygens (including phenoxy) is 4. The van der Waals surface area contributed by atoms with E-state index in [0.29, 0.717) is 30.9 Å². The van der Waals surface area contributed by atoms with Gasteiger partial charge in [0.15, 0.2) is 5.82 Å². The van der Waals surface area contributed by atoms with Gasteiger partial charge in [0.25, 0.3) is 0 Å². The third-order valence-corrected chi connectivity index (χ3v) is 6.18. The molecular weight excluding hydrogens is 464 g/mol. The van der Waals surface area contributed by atoms with E-state index in [9.17, 15) is 9.90 Å². The minimum absolute atomic E-state index is 0.123. The first-order valence-electron chi connectivity index (χ1n) is 13.0. The Morgan fingerprint density at radius 2 is 1.83 bits per heavy atom. The van der Waals surface area contributed by atoms with E-state index in [1.54, 1.807) is 12.1 Å². The maximum atomic E-state index is 12.1. The van der Waals surface area contributed by atoms with Gasteiger partial charge in [0.05, 0.1) is 18.5 Å². The molecule has 0 radical (unpaired) electrons. The molecule has 36 heavy (non-hydrogen) atoms. The molecule has 1 aliphatic rings. The fraction of sp³-hybridized carbons (Fsp3) is 0.654. The van der Waals surface area contributed by atoms with Crippen LogP contribution in [-0.4, -0.2) is 66.2 Å². The maximum Gasteiger partial charge on any atom is 0.249 e. The van der Waals surface area contributed by atoms with E-state index in [4.69, 9.17) is 24.7 Å². The first kappa shape index (κ1) is 28.2. The van der Waals surface area contributed by atoms with Gasteiger partial charge in [-0.2, -0.15) is 0 Å². The first-order chi connectivity index (χ1) is 17.5. The Labute approximate surface area is 212 Å². The molecule has 2 aromatic heterocycles. The Bertz CT molecular complexity index is 1040. The number of aromatic amines is 1. The van der Waals surface area contributed by atoms with Crippen LogP contribution in [0.2, 0.25) is 0 Å². The molecule has 0 aromatic carbocycles. The van der Waals surface area contributed by atoms with Gasteiger partial charge in [0.1, 0.15) is 24.0 Å². The zero-order valence-corrected chi connectivity index (χ0v) is 21.6. The average Bonchev–Trinajstić information content (AvgIpc) is 3.13. The van der Waals surface area contributed by atoms with Crippen molar-refractivity contribution < 1.29 is 24.1 Å². The van der Waals surface area contributed by atoms with Crippen LogP contribution in [0.25, 0.3) is 11.0 Å². The van der Waals surface area contributed by atoms with E-state index in [2.05, 4.69) is 35.7 Å². The SMILES string of the molecule is CCCCOC[C@H]1OC(O)(c2cc3ccc(=O)[nH]c3nc2N=CN)[C@@H](OCCCC)C1OCCCC. The summed E-state index contributed by atoms with van der Waals surface area (Å²) in [5.74, 6) is -1.80. The number of rotatable bonds is 15. The number of fused-ring (bicyclic) bond motifs is 1. The number of hydrogen-bond donors (Lipinski definition) is 3. The molecule has 2 unspecified atom stereocenters. The van der Waals surface area contributed by atoms with Crippen molar-refractivity contribution in [1.29, 1.82) is 0 Å². The molecule has 2 aromatic rings. The van der Waals surface area contributed by atoms with E-state index in [-0.39, 0.29) is 23.5 Å². The van der Waals surface area contributed by atoms with Crippen molar-refractivity contribution in [1.82, 2.24) is 9.97 Å². The van der Waals surface area contributed by atoms with Gasteiger partial charge >= 0.3 is 0 Å². The van der Waals surface area contributed by atoms with Crippen LogP contribution in [0.15, 0.2) is 28.0 Å². The molecule has 10 nitrogen and oxygen atoms in total. The Hall–Kier alpha value is -2.37. The first-order valence-corrected chi connectivity index (χ1v) is 13.0. The van der Waals surface area contributed by atoms with Crippen molar-refractivity contribution in [3.63, 3.8) is 0 Å². The zero-order chi connectivity index (χ0) is 26.0. The molecule has 0 bridgehead atoms. The van der Waals surface area contributed by atoms with Gasteiger partial charge in [-0.3, -0.25) is 4.79 Å². The van der Waals surface area contributed by atoms with Gasteiger partial charge < -0.3 is 34.8 Å². The van der Waals surface area contributed by atoms with E-state index < -0.39 is 24.1 Å². The summed E-state index contributed by atoms with van der Waals surface area (Å²) in [5, 5.41) is 12.7. The van der Waals surface area contributed by atoms with Crippen LogP contribution in [0, 0.1) is 0 Å². The molecule has 0 aliphatic carbocycles. The Morgan fingerprint density at radius 1 is 1.14 bits per heavy atom. The van der Waals surface area contributed by atoms with Crippen LogP contribution >= 0.6 is 0 Å². The minimum Gasteiger partial charge on any atom is -0.390 e. The van der Waals surface area contributed by atoms with Gasteiger partial charge in [0, 0.05) is 31.3 Å². The van der Waals surface area contributed by atoms with Gasteiger partial charge in [-0.1, -0.05) is 40.0 Å². The second-order valence-electron chi connectivity index (χ2n) is 9.01. The van der Waals surface area contributed by atoms with Gasteiger partial charge in [-0.25, -0.2) is 9.98 Å². The Balaban J connectivity index is 2.06. The Kier molecular flexibility index (Phi) is 10.8. The second-order valence-corrected chi connectivity index (χ2v) is 9.01. The molecule has 4 N–H and O–H groups in total. The van der Waals surface area contributed by atoms with Crippen molar-refractivity contribution >= 4 is 23.2 Å². The van der Waals surface area contributed by atoms with E-state index in [1.165, 1.54) is 6.07 Å². The lowest BCUT2D eigenvalue weighted by molar-refractivity contribution is -0.250. The van der Waals surface area contributed by atoms with Gasteiger partial charge in [-0.05, 0) is 31.4 Å². The Morgan fingerprint density at radius 3 is 2.53 bits per heavy atom. The number of nitrogens with two attached hydrogens (primary N) is 1. The van der Waals surface area contributed by atoms with Gasteiger partial charge in [-0.15, -0.1) is 0 Å². The fourth-order valence-corrected chi connectivity index (χ4v) is 4.20. The summed E-state index contributed by atoms with van der Waals surface area (Å²) in [6.07, 6.45) is 4.63. The summed E-state index contributed by atoms with van der Waals surface area (Å²) in [5.41, 5.74) is 5.92. The highest BCUT2D eigenvalue weighted by molar-refractivity contribution is 5.78. The van der Waals surface area contributed by atoms with Crippen molar-refractivity contribution in [3.05, 3.63) is 34.1 Å². The van der Waals surface area contributed by atoms with E-state index in [0.717, 1.165) is 44.9 Å². The number of H-pyrrole nitrogens is 1. The molecule has 1 aliphatic heterocycles. The zero-order valence-electron chi connectivity index (χ0n) is 21.6. The van der Waals surface area contributed by atoms with Crippen LogP contribution in [0.5, 0.6) is 0 Å². The molecule has 4 atom stereocenters. The number of aromatic nitrogens is 2. The monoisotopic (exact) mass is 504 g/mol. The largest absolute Gasteiger partial charge is 0.390 e. The van der Waals surface area contributed by atoms with Crippen LogP contribution in [0.4, 0.5) is 5.82 Å². The predicted molar refractivity (Wildman–Crippen MR) is 138 cm³/mol. The molecule has 3 heterocycles. The molecule has 1 fully saturated rings. The van der Waals surface area contributed by atoms with Crippen LogP contribution < -0.4 is 11.3 Å². The topological polar surface area (TPSA) is 141 Å². The lowest BCUT2D eigenvalue weighted by atomic mass is 9.96. The molecule has 10 heteroatoms. The highest BCUT2D eigenvalue weighted by Crippen LogP contribution is 2.44. The number of aliphatic hydroxyl groups is 1. The quantitative estimate of drug-likeness (QED) is 0.191. The highest BCUT2D eigenvalue weighted by Gasteiger charge is 2.58. The summed E-state index contributed by atoms with van der Waals surface area (Å²) < 4.78 is 24.7. The predicted octanol–water partition coefficient (Wildman–Crippen LogP) is 3.27. The molecule has 0 spiro atoms. The number of nitrogens with one attached hydrogen (secondary N) is 1. The summed E-state index contributed by atoms with van der Waals surface area (Å²) >= 11 is 0. The molecule has 0 saturated carbocycles.